The number of hydrogen-bond acceptors (Lipinski definition) is 2. The van der Waals surface area contributed by atoms with Crippen molar-refractivity contribution in [2.45, 2.75) is 6.42 Å². The SMILES string of the molecule is CN(CC1CCNC1)C(=O)c1ccc(F)c(F)c1. The van der Waals surface area contributed by atoms with E-state index in [1.165, 1.54) is 6.07 Å². The zero-order valence-electron chi connectivity index (χ0n) is 10.2. The summed E-state index contributed by atoms with van der Waals surface area (Å²) in [4.78, 5) is 13.6. The van der Waals surface area contributed by atoms with Gasteiger partial charge in [0.25, 0.3) is 5.91 Å². The number of amides is 1. The van der Waals surface area contributed by atoms with E-state index in [4.69, 9.17) is 0 Å². The Balaban J connectivity index is 2.02. The second-order valence-electron chi connectivity index (χ2n) is 4.67. The smallest absolute Gasteiger partial charge is 0.253 e. The molecule has 1 N–H and O–H groups in total. The molecule has 98 valence electrons. The molecule has 1 atom stereocenters. The van der Waals surface area contributed by atoms with Crippen molar-refractivity contribution in [3.8, 4) is 0 Å². The standard InChI is InChI=1S/C13H16F2N2O/c1-17(8-9-4-5-16-7-9)13(18)10-2-3-11(14)12(15)6-10/h2-3,6,9,16H,4-5,7-8H2,1H3. The molecule has 2 rings (SSSR count). The Morgan fingerprint density at radius 2 is 2.22 bits per heavy atom. The van der Waals surface area contributed by atoms with Crippen LogP contribution in [0.1, 0.15) is 16.8 Å². The molecule has 1 aromatic carbocycles. The van der Waals surface area contributed by atoms with E-state index in [9.17, 15) is 13.6 Å². The molecule has 1 aromatic rings. The monoisotopic (exact) mass is 254 g/mol. The van der Waals surface area contributed by atoms with Crippen LogP contribution in [0.5, 0.6) is 0 Å². The summed E-state index contributed by atoms with van der Waals surface area (Å²) in [5.41, 5.74) is 0.183. The Labute approximate surface area is 105 Å². The number of benzene rings is 1. The third-order valence-corrected chi connectivity index (χ3v) is 3.21. The minimum absolute atomic E-state index is 0.183. The van der Waals surface area contributed by atoms with Crippen LogP contribution in [-0.2, 0) is 0 Å². The van der Waals surface area contributed by atoms with Crippen LogP contribution < -0.4 is 5.32 Å². The minimum atomic E-state index is -0.989. The summed E-state index contributed by atoms with van der Waals surface area (Å²) < 4.78 is 25.8. The van der Waals surface area contributed by atoms with E-state index < -0.39 is 11.6 Å². The van der Waals surface area contributed by atoms with Crippen molar-refractivity contribution in [2.75, 3.05) is 26.7 Å². The zero-order valence-corrected chi connectivity index (χ0v) is 10.2. The van der Waals surface area contributed by atoms with Gasteiger partial charge in [-0.05, 0) is 43.6 Å². The number of halogens is 2. The van der Waals surface area contributed by atoms with E-state index in [2.05, 4.69) is 5.32 Å². The molecule has 0 saturated carbocycles. The molecule has 0 spiro atoms. The van der Waals surface area contributed by atoms with Gasteiger partial charge in [0, 0.05) is 19.2 Å². The molecule has 1 fully saturated rings. The molecule has 0 aromatic heterocycles. The van der Waals surface area contributed by atoms with Gasteiger partial charge in [0.05, 0.1) is 0 Å². The van der Waals surface area contributed by atoms with Crippen molar-refractivity contribution >= 4 is 5.91 Å². The Morgan fingerprint density at radius 3 is 2.83 bits per heavy atom. The summed E-state index contributed by atoms with van der Waals surface area (Å²) in [7, 11) is 1.68. The van der Waals surface area contributed by atoms with E-state index >= 15 is 0 Å². The first kappa shape index (κ1) is 13.0. The third-order valence-electron chi connectivity index (χ3n) is 3.21. The summed E-state index contributed by atoms with van der Waals surface area (Å²) in [6.07, 6.45) is 1.04. The van der Waals surface area contributed by atoms with Gasteiger partial charge in [-0.3, -0.25) is 4.79 Å². The van der Waals surface area contributed by atoms with Gasteiger partial charge >= 0.3 is 0 Å². The van der Waals surface area contributed by atoms with Crippen LogP contribution in [0, 0.1) is 17.6 Å². The van der Waals surface area contributed by atoms with Gasteiger partial charge in [0.1, 0.15) is 0 Å². The average molecular weight is 254 g/mol. The molecule has 0 aliphatic carbocycles. The van der Waals surface area contributed by atoms with Crippen LogP contribution in [0.2, 0.25) is 0 Å². The summed E-state index contributed by atoms with van der Waals surface area (Å²) >= 11 is 0. The Morgan fingerprint density at radius 1 is 1.44 bits per heavy atom. The maximum Gasteiger partial charge on any atom is 0.253 e. The van der Waals surface area contributed by atoms with Crippen molar-refractivity contribution in [1.82, 2.24) is 10.2 Å². The predicted octanol–water partition coefficient (Wildman–Crippen LogP) is 1.65. The van der Waals surface area contributed by atoms with Gasteiger partial charge in [0.15, 0.2) is 11.6 Å². The zero-order chi connectivity index (χ0) is 13.1. The molecule has 1 unspecified atom stereocenters. The van der Waals surface area contributed by atoms with Gasteiger partial charge in [0.2, 0.25) is 0 Å². The Hall–Kier alpha value is -1.49. The van der Waals surface area contributed by atoms with Gasteiger partial charge in [-0.2, -0.15) is 0 Å². The fourth-order valence-corrected chi connectivity index (χ4v) is 2.19. The lowest BCUT2D eigenvalue weighted by atomic mass is 10.1. The number of nitrogens with one attached hydrogen (secondary N) is 1. The van der Waals surface area contributed by atoms with E-state index in [-0.39, 0.29) is 11.5 Å². The fraction of sp³-hybridized carbons (Fsp3) is 0.462. The lowest BCUT2D eigenvalue weighted by molar-refractivity contribution is 0.0775. The highest BCUT2D eigenvalue weighted by Gasteiger charge is 2.20. The lowest BCUT2D eigenvalue weighted by Crippen LogP contribution is -2.32. The van der Waals surface area contributed by atoms with Crippen LogP contribution in [0.15, 0.2) is 18.2 Å². The molecule has 1 heterocycles. The largest absolute Gasteiger partial charge is 0.341 e. The van der Waals surface area contributed by atoms with Crippen molar-refractivity contribution in [3.63, 3.8) is 0 Å². The predicted molar refractivity (Wildman–Crippen MR) is 64.3 cm³/mol. The van der Waals surface area contributed by atoms with Crippen LogP contribution >= 0.6 is 0 Å². The molecule has 1 aliphatic rings. The molecule has 1 saturated heterocycles. The average Bonchev–Trinajstić information content (AvgIpc) is 2.84. The molecule has 18 heavy (non-hydrogen) atoms. The molecule has 1 aliphatic heterocycles. The van der Waals surface area contributed by atoms with Gasteiger partial charge in [-0.1, -0.05) is 0 Å². The summed E-state index contributed by atoms with van der Waals surface area (Å²) in [5, 5.41) is 3.23. The molecule has 0 bridgehead atoms. The Kier molecular flexibility index (Phi) is 3.91. The summed E-state index contributed by atoms with van der Waals surface area (Å²) in [6, 6.07) is 3.23. The third kappa shape index (κ3) is 2.85. The minimum Gasteiger partial charge on any atom is -0.341 e. The second kappa shape index (κ2) is 5.44. The number of rotatable bonds is 3. The molecule has 0 radical (unpaired) electrons. The molecular formula is C13H16F2N2O. The number of carbonyl (C=O) groups excluding carboxylic acids is 1. The first-order valence-electron chi connectivity index (χ1n) is 5.99. The summed E-state index contributed by atoms with van der Waals surface area (Å²) in [6.45, 7) is 2.50. The number of nitrogens with zero attached hydrogens (tertiary/aromatic N) is 1. The maximum atomic E-state index is 13.1. The fourth-order valence-electron chi connectivity index (χ4n) is 2.19. The molecule has 5 heteroatoms. The number of hydrogen-bond donors (Lipinski definition) is 1. The highest BCUT2D eigenvalue weighted by Crippen LogP contribution is 2.13. The van der Waals surface area contributed by atoms with E-state index in [0.29, 0.717) is 12.5 Å². The maximum absolute atomic E-state index is 13.1. The highest BCUT2D eigenvalue weighted by atomic mass is 19.2. The van der Waals surface area contributed by atoms with Crippen molar-refractivity contribution in [1.29, 1.82) is 0 Å². The van der Waals surface area contributed by atoms with Gasteiger partial charge in [-0.15, -0.1) is 0 Å². The van der Waals surface area contributed by atoms with Crippen LogP contribution in [0.3, 0.4) is 0 Å². The van der Waals surface area contributed by atoms with E-state index in [1.54, 1.807) is 11.9 Å². The van der Waals surface area contributed by atoms with Crippen molar-refractivity contribution in [3.05, 3.63) is 35.4 Å². The van der Waals surface area contributed by atoms with E-state index in [1.807, 2.05) is 0 Å². The van der Waals surface area contributed by atoms with Gasteiger partial charge < -0.3 is 10.2 Å². The first-order chi connectivity index (χ1) is 8.58. The van der Waals surface area contributed by atoms with Crippen LogP contribution in [0.25, 0.3) is 0 Å². The molecule has 3 nitrogen and oxygen atoms in total. The topological polar surface area (TPSA) is 32.3 Å². The quantitative estimate of drug-likeness (QED) is 0.889. The lowest BCUT2D eigenvalue weighted by Gasteiger charge is -2.20. The first-order valence-corrected chi connectivity index (χ1v) is 5.99. The normalized spacial score (nSPS) is 18.9. The molecule has 1 amide bonds. The Bertz CT molecular complexity index is 445. The highest BCUT2D eigenvalue weighted by molar-refractivity contribution is 5.94. The summed E-state index contributed by atoms with van der Waals surface area (Å²) in [5.74, 6) is -1.77. The van der Waals surface area contributed by atoms with Crippen molar-refractivity contribution in [2.24, 2.45) is 5.92 Å². The van der Waals surface area contributed by atoms with Crippen LogP contribution in [-0.4, -0.2) is 37.5 Å². The second-order valence-corrected chi connectivity index (χ2v) is 4.67. The van der Waals surface area contributed by atoms with Crippen LogP contribution in [0.4, 0.5) is 8.78 Å². The van der Waals surface area contributed by atoms with Crippen molar-refractivity contribution < 1.29 is 13.6 Å². The number of carbonyl (C=O) groups is 1. The van der Waals surface area contributed by atoms with E-state index in [0.717, 1.165) is 31.6 Å². The van der Waals surface area contributed by atoms with Gasteiger partial charge in [-0.25, -0.2) is 8.78 Å². The molecular weight excluding hydrogens is 238 g/mol.